The summed E-state index contributed by atoms with van der Waals surface area (Å²) in [4.78, 5) is 26.0. The van der Waals surface area contributed by atoms with E-state index in [1.54, 1.807) is 41.3 Å². The van der Waals surface area contributed by atoms with Crippen molar-refractivity contribution in [3.05, 3.63) is 91.9 Å². The highest BCUT2D eigenvalue weighted by atomic mass is 35.5. The van der Waals surface area contributed by atoms with Crippen molar-refractivity contribution in [3.8, 4) is 6.07 Å². The molecule has 32 heavy (non-hydrogen) atoms. The second-order valence-corrected chi connectivity index (χ2v) is 9.25. The second kappa shape index (κ2) is 7.81. The van der Waals surface area contributed by atoms with E-state index in [0.29, 0.717) is 40.4 Å². The van der Waals surface area contributed by atoms with Crippen LogP contribution in [0, 0.1) is 26.9 Å². The van der Waals surface area contributed by atoms with E-state index in [-0.39, 0.29) is 28.3 Å². The Kier molecular flexibility index (Phi) is 5.27. The zero-order chi connectivity index (χ0) is 23.2. The fraction of sp³-hybridized carbons (Fsp3) is 0.250. The summed E-state index contributed by atoms with van der Waals surface area (Å²) in [7, 11) is 0. The first-order chi connectivity index (χ1) is 15.1. The summed E-state index contributed by atoms with van der Waals surface area (Å²) in [5.74, 6) is -0.649. The van der Waals surface area contributed by atoms with E-state index in [2.05, 4.69) is 6.07 Å². The molecule has 2 aromatic rings. The van der Waals surface area contributed by atoms with Crippen molar-refractivity contribution in [2.24, 2.45) is 11.1 Å². The molecule has 0 bridgehead atoms. The molecule has 7 nitrogen and oxygen atoms in total. The Labute approximate surface area is 190 Å². The molecule has 0 saturated heterocycles. The molecule has 0 saturated carbocycles. The maximum absolute atomic E-state index is 13.4. The normalized spacial score (nSPS) is 20.1. The van der Waals surface area contributed by atoms with Gasteiger partial charge in [0.15, 0.2) is 5.78 Å². The van der Waals surface area contributed by atoms with Crippen molar-refractivity contribution in [3.63, 3.8) is 0 Å². The van der Waals surface area contributed by atoms with Gasteiger partial charge in [0, 0.05) is 40.5 Å². The Hall–Kier alpha value is -3.63. The maximum Gasteiger partial charge on any atom is 0.269 e. The number of nitrogens with zero attached hydrogens (tertiary/aromatic N) is 3. The van der Waals surface area contributed by atoms with Gasteiger partial charge in [-0.2, -0.15) is 5.26 Å². The summed E-state index contributed by atoms with van der Waals surface area (Å²) in [6.07, 6.45) is 0.867. The van der Waals surface area contributed by atoms with Gasteiger partial charge in [0.05, 0.1) is 22.5 Å². The van der Waals surface area contributed by atoms with Gasteiger partial charge in [-0.1, -0.05) is 37.6 Å². The highest BCUT2D eigenvalue weighted by molar-refractivity contribution is 6.30. The first-order valence-electron chi connectivity index (χ1n) is 10.1. The standard InChI is InChI=1S/C24H21ClN4O3/c1-24(2)11-19-22(20(30)12-24)21(14-4-3-5-17(10-14)29(31)32)18(13-26)23(27)28(19)16-8-6-15(25)7-9-16/h3-10,21H,11-12,27H2,1-2H3/t21-/m0/s1. The number of rotatable bonds is 3. The molecule has 0 fully saturated rings. The largest absolute Gasteiger partial charge is 0.384 e. The van der Waals surface area contributed by atoms with Crippen molar-refractivity contribution >= 4 is 28.8 Å². The highest BCUT2D eigenvalue weighted by Crippen LogP contribution is 2.50. The molecule has 2 aliphatic rings. The van der Waals surface area contributed by atoms with Crippen molar-refractivity contribution < 1.29 is 9.72 Å². The van der Waals surface area contributed by atoms with Crippen molar-refractivity contribution in [1.82, 2.24) is 0 Å². The number of benzene rings is 2. The van der Waals surface area contributed by atoms with Gasteiger partial charge in [0.25, 0.3) is 5.69 Å². The topological polar surface area (TPSA) is 113 Å². The number of hydrogen-bond acceptors (Lipinski definition) is 6. The fourth-order valence-corrected chi connectivity index (χ4v) is 4.67. The van der Waals surface area contributed by atoms with Crippen molar-refractivity contribution in [2.45, 2.75) is 32.6 Å². The zero-order valence-corrected chi connectivity index (χ0v) is 18.4. The van der Waals surface area contributed by atoms with Crippen LogP contribution in [0.2, 0.25) is 5.02 Å². The summed E-state index contributed by atoms with van der Waals surface area (Å²) in [5, 5.41) is 22.0. The van der Waals surface area contributed by atoms with Crippen LogP contribution in [0.4, 0.5) is 11.4 Å². The molecule has 0 spiro atoms. The molecule has 2 N–H and O–H groups in total. The average Bonchev–Trinajstić information content (AvgIpc) is 2.73. The Bertz CT molecular complexity index is 1240. The zero-order valence-electron chi connectivity index (χ0n) is 17.6. The third-order valence-corrected chi connectivity index (χ3v) is 6.13. The van der Waals surface area contributed by atoms with E-state index in [9.17, 15) is 20.2 Å². The fourth-order valence-electron chi connectivity index (χ4n) is 4.55. The SMILES string of the molecule is CC1(C)CC(=O)C2=C(C1)N(c1ccc(Cl)cc1)C(N)=C(C#N)[C@@H]2c1cccc([N+](=O)[O-])c1. The van der Waals surface area contributed by atoms with Crippen LogP contribution in [0.25, 0.3) is 0 Å². The van der Waals surface area contributed by atoms with Crippen LogP contribution >= 0.6 is 11.6 Å². The third-order valence-electron chi connectivity index (χ3n) is 5.88. The molecule has 0 radical (unpaired) electrons. The predicted molar refractivity (Wildman–Crippen MR) is 122 cm³/mol. The molecule has 1 aliphatic carbocycles. The lowest BCUT2D eigenvalue weighted by Gasteiger charge is -2.43. The number of hydrogen-bond donors (Lipinski definition) is 1. The van der Waals surface area contributed by atoms with Crippen LogP contribution in [0.1, 0.15) is 38.2 Å². The van der Waals surface area contributed by atoms with E-state index in [1.165, 1.54) is 12.1 Å². The monoisotopic (exact) mass is 448 g/mol. The van der Waals surface area contributed by atoms with Crippen LogP contribution in [-0.2, 0) is 4.79 Å². The van der Waals surface area contributed by atoms with Crippen molar-refractivity contribution in [1.29, 1.82) is 5.26 Å². The minimum Gasteiger partial charge on any atom is -0.384 e. The summed E-state index contributed by atoms with van der Waals surface area (Å²) < 4.78 is 0. The van der Waals surface area contributed by atoms with Gasteiger partial charge >= 0.3 is 0 Å². The van der Waals surface area contributed by atoms with Crippen LogP contribution < -0.4 is 10.6 Å². The molecular formula is C24H21ClN4O3. The molecule has 0 amide bonds. The maximum atomic E-state index is 13.4. The number of carbonyl (C=O) groups is 1. The molecule has 162 valence electrons. The number of allylic oxidation sites excluding steroid dienone is 3. The summed E-state index contributed by atoms with van der Waals surface area (Å²) >= 11 is 6.06. The Balaban J connectivity index is 1.99. The molecule has 0 aromatic heterocycles. The molecular weight excluding hydrogens is 428 g/mol. The summed E-state index contributed by atoms with van der Waals surface area (Å²) in [6.45, 7) is 4.02. The van der Waals surface area contributed by atoms with Gasteiger partial charge in [0.2, 0.25) is 0 Å². The molecule has 1 heterocycles. The van der Waals surface area contributed by atoms with Gasteiger partial charge in [-0.15, -0.1) is 0 Å². The van der Waals surface area contributed by atoms with Crippen LogP contribution in [-0.4, -0.2) is 10.7 Å². The predicted octanol–water partition coefficient (Wildman–Crippen LogP) is 5.19. The van der Waals surface area contributed by atoms with E-state index in [4.69, 9.17) is 17.3 Å². The first kappa shape index (κ1) is 21.6. The number of ketones is 1. The average molecular weight is 449 g/mol. The number of halogens is 1. The molecule has 8 heteroatoms. The Morgan fingerprint density at radius 3 is 2.53 bits per heavy atom. The Morgan fingerprint density at radius 1 is 1.22 bits per heavy atom. The highest BCUT2D eigenvalue weighted by Gasteiger charge is 2.44. The number of nitriles is 1. The quantitative estimate of drug-likeness (QED) is 0.510. The molecule has 0 unspecified atom stereocenters. The summed E-state index contributed by atoms with van der Waals surface area (Å²) in [5.41, 5.74) is 8.67. The van der Waals surface area contributed by atoms with Gasteiger partial charge < -0.3 is 5.73 Å². The number of nitro benzene ring substituents is 1. The third kappa shape index (κ3) is 3.63. The first-order valence-corrected chi connectivity index (χ1v) is 10.5. The number of nitrogens with two attached hydrogens (primary N) is 1. The van der Waals surface area contributed by atoms with Crippen LogP contribution in [0.15, 0.2) is 71.2 Å². The lowest BCUT2D eigenvalue weighted by atomic mass is 9.68. The van der Waals surface area contributed by atoms with E-state index >= 15 is 0 Å². The van der Waals surface area contributed by atoms with Crippen LogP contribution in [0.5, 0.6) is 0 Å². The van der Waals surface area contributed by atoms with Gasteiger partial charge in [-0.3, -0.25) is 19.8 Å². The molecule has 4 rings (SSSR count). The van der Waals surface area contributed by atoms with Crippen molar-refractivity contribution in [2.75, 3.05) is 4.90 Å². The van der Waals surface area contributed by atoms with Gasteiger partial charge in [0.1, 0.15) is 5.82 Å². The number of non-ortho nitro benzene ring substituents is 1. The summed E-state index contributed by atoms with van der Waals surface area (Å²) in [6, 6.07) is 15.2. The molecule has 2 aromatic carbocycles. The molecule has 1 aliphatic heterocycles. The lowest BCUT2D eigenvalue weighted by Crippen LogP contribution is -2.42. The van der Waals surface area contributed by atoms with Crippen LogP contribution in [0.3, 0.4) is 0 Å². The molecule has 1 atom stereocenters. The second-order valence-electron chi connectivity index (χ2n) is 8.81. The smallest absolute Gasteiger partial charge is 0.269 e. The number of nitro groups is 1. The van der Waals surface area contributed by atoms with Gasteiger partial charge in [-0.05, 0) is 41.7 Å². The van der Waals surface area contributed by atoms with Gasteiger partial charge in [-0.25, -0.2) is 0 Å². The van der Waals surface area contributed by atoms with E-state index < -0.39 is 10.8 Å². The number of Topliss-reactive ketones (excluding diaryl/α,β-unsaturated/α-hetero) is 1. The minimum atomic E-state index is -0.762. The number of anilines is 1. The number of carbonyl (C=O) groups excluding carboxylic acids is 1. The van der Waals surface area contributed by atoms with E-state index in [0.717, 1.165) is 0 Å². The van der Waals surface area contributed by atoms with E-state index in [1.807, 2.05) is 13.8 Å². The Morgan fingerprint density at radius 2 is 1.91 bits per heavy atom. The lowest BCUT2D eigenvalue weighted by molar-refractivity contribution is -0.384. The minimum absolute atomic E-state index is 0.0908.